The summed E-state index contributed by atoms with van der Waals surface area (Å²) in [5, 5.41) is 1.78. The van der Waals surface area contributed by atoms with Crippen molar-refractivity contribution in [1.82, 2.24) is 13.1 Å². The van der Waals surface area contributed by atoms with Gasteiger partial charge in [-0.2, -0.15) is 13.1 Å². The Bertz CT molecular complexity index is 905. The molecule has 4 rings (SSSR count). The van der Waals surface area contributed by atoms with E-state index in [9.17, 15) is 8.42 Å². The maximum Gasteiger partial charge on any atom is 0.253 e. The number of fused-ring (bicyclic) bond motifs is 1. The first-order valence-electron chi connectivity index (χ1n) is 7.08. The zero-order valence-corrected chi connectivity index (χ0v) is 14.4. The molecular weight excluding hydrogens is 350 g/mol. The van der Waals surface area contributed by atoms with Crippen LogP contribution in [0.15, 0.2) is 52.2 Å². The summed E-state index contributed by atoms with van der Waals surface area (Å²) in [6.45, 7) is 0.444. The molecule has 1 unspecified atom stereocenters. The first-order chi connectivity index (χ1) is 11.2. The van der Waals surface area contributed by atoms with E-state index in [4.69, 9.17) is 0 Å². The average Bonchev–Trinajstić information content (AvgIpc) is 3.27. The highest BCUT2D eigenvalue weighted by atomic mass is 32.2. The highest BCUT2D eigenvalue weighted by molar-refractivity contribution is 7.91. The van der Waals surface area contributed by atoms with Crippen LogP contribution in [0.25, 0.3) is 0 Å². The van der Waals surface area contributed by atoms with Crippen LogP contribution < -0.4 is 0 Å². The Morgan fingerprint density at radius 1 is 1.17 bits per heavy atom. The lowest BCUT2D eigenvalue weighted by Gasteiger charge is -2.34. The van der Waals surface area contributed by atoms with Crippen LogP contribution in [0, 0.1) is 0 Å². The second-order valence-electron chi connectivity index (χ2n) is 5.23. The zero-order chi connectivity index (χ0) is 15.9. The molecule has 3 heterocycles. The third-order valence-corrected chi connectivity index (χ3v) is 7.69. The molecule has 0 spiro atoms. The molecule has 1 atom stereocenters. The van der Waals surface area contributed by atoms with Crippen molar-refractivity contribution in [3.05, 3.63) is 64.8 Å². The zero-order valence-electron chi connectivity index (χ0n) is 12.0. The fourth-order valence-corrected chi connectivity index (χ4v) is 6.07. The highest BCUT2D eigenvalue weighted by Gasteiger charge is 2.38. The minimum Gasteiger partial charge on any atom is -0.206 e. The fourth-order valence-electron chi connectivity index (χ4n) is 2.93. The summed E-state index contributed by atoms with van der Waals surface area (Å²) in [7, 11) is -3.55. The summed E-state index contributed by atoms with van der Waals surface area (Å²) in [4.78, 5) is 0. The van der Waals surface area contributed by atoms with Crippen LogP contribution in [0.3, 0.4) is 0 Å². The van der Waals surface area contributed by atoms with Gasteiger partial charge in [0, 0.05) is 6.54 Å². The molecule has 0 radical (unpaired) electrons. The number of rotatable bonds is 3. The van der Waals surface area contributed by atoms with Crippen LogP contribution in [0.4, 0.5) is 0 Å². The molecule has 1 aromatic carbocycles. The summed E-state index contributed by atoms with van der Waals surface area (Å²) < 4.78 is 36.4. The van der Waals surface area contributed by atoms with Gasteiger partial charge >= 0.3 is 0 Å². The minimum atomic E-state index is -3.55. The molecular formula is C15H13N3O2S3. The summed E-state index contributed by atoms with van der Waals surface area (Å²) in [6, 6.07) is 11.0. The number of nitrogens with zero attached hydrogens (tertiary/aromatic N) is 3. The Kier molecular flexibility index (Phi) is 3.76. The van der Waals surface area contributed by atoms with Gasteiger partial charge in [0.25, 0.3) is 10.0 Å². The first kappa shape index (κ1) is 14.9. The van der Waals surface area contributed by atoms with Crippen molar-refractivity contribution in [2.75, 3.05) is 6.54 Å². The molecule has 23 heavy (non-hydrogen) atoms. The first-order valence-corrected chi connectivity index (χ1v) is 10.1. The van der Waals surface area contributed by atoms with Crippen molar-refractivity contribution >= 4 is 33.1 Å². The number of sulfonamides is 1. The quantitative estimate of drug-likeness (QED) is 0.718. The van der Waals surface area contributed by atoms with Crippen LogP contribution in [-0.4, -0.2) is 28.0 Å². The molecule has 3 aromatic rings. The molecule has 0 saturated carbocycles. The van der Waals surface area contributed by atoms with Gasteiger partial charge in [0.1, 0.15) is 4.21 Å². The monoisotopic (exact) mass is 363 g/mol. The van der Waals surface area contributed by atoms with E-state index >= 15 is 0 Å². The van der Waals surface area contributed by atoms with Crippen LogP contribution >= 0.6 is 23.1 Å². The molecule has 1 aliphatic heterocycles. The molecule has 2 aromatic heterocycles. The number of aromatic nitrogens is 2. The fraction of sp³-hybridized carbons (Fsp3) is 0.200. The lowest BCUT2D eigenvalue weighted by atomic mass is 9.93. The van der Waals surface area contributed by atoms with E-state index in [-0.39, 0.29) is 0 Å². The third kappa shape index (κ3) is 2.51. The standard InChI is InChI=1S/C15H13N3O2S3/c19-23(20,14-6-3-9-21-14)18-8-7-11-4-1-2-5-12(11)15(18)13-10-16-22-17-13/h1-6,9-10,15H,7-8H2. The van der Waals surface area contributed by atoms with E-state index in [2.05, 4.69) is 14.8 Å². The van der Waals surface area contributed by atoms with E-state index in [1.807, 2.05) is 18.2 Å². The lowest BCUT2D eigenvalue weighted by Crippen LogP contribution is -2.40. The Labute approximate surface area is 142 Å². The van der Waals surface area contributed by atoms with Crippen LogP contribution in [0.5, 0.6) is 0 Å². The predicted molar refractivity (Wildman–Crippen MR) is 90.1 cm³/mol. The maximum absolute atomic E-state index is 13.1. The van der Waals surface area contributed by atoms with Gasteiger partial charge in [-0.3, -0.25) is 0 Å². The SMILES string of the molecule is O=S(=O)(c1cccs1)N1CCc2ccccc2C1c1cnsn1. The van der Waals surface area contributed by atoms with Gasteiger partial charge in [-0.15, -0.1) is 11.3 Å². The van der Waals surface area contributed by atoms with Crippen molar-refractivity contribution in [2.45, 2.75) is 16.7 Å². The van der Waals surface area contributed by atoms with Gasteiger partial charge < -0.3 is 0 Å². The van der Waals surface area contributed by atoms with Crippen molar-refractivity contribution in [1.29, 1.82) is 0 Å². The summed E-state index contributed by atoms with van der Waals surface area (Å²) in [6.07, 6.45) is 2.36. The van der Waals surface area contributed by atoms with E-state index in [0.29, 0.717) is 22.9 Å². The van der Waals surface area contributed by atoms with Crippen molar-refractivity contribution in [2.24, 2.45) is 0 Å². The molecule has 0 saturated heterocycles. The summed E-state index contributed by atoms with van der Waals surface area (Å²) in [5.74, 6) is 0. The molecule has 0 bridgehead atoms. The van der Waals surface area contributed by atoms with Gasteiger partial charge in [0.15, 0.2) is 0 Å². The van der Waals surface area contributed by atoms with E-state index in [1.54, 1.807) is 28.0 Å². The van der Waals surface area contributed by atoms with Gasteiger partial charge in [-0.05, 0) is 29.0 Å². The minimum absolute atomic E-state index is 0.366. The number of benzene rings is 1. The van der Waals surface area contributed by atoms with Crippen molar-refractivity contribution in [3.63, 3.8) is 0 Å². The van der Waals surface area contributed by atoms with Crippen LogP contribution in [0.1, 0.15) is 22.9 Å². The molecule has 0 aliphatic carbocycles. The van der Waals surface area contributed by atoms with Gasteiger partial charge in [0.2, 0.25) is 0 Å². The number of hydrogen-bond acceptors (Lipinski definition) is 6. The smallest absolute Gasteiger partial charge is 0.206 e. The molecule has 8 heteroatoms. The Morgan fingerprint density at radius 2 is 2.04 bits per heavy atom. The summed E-state index contributed by atoms with van der Waals surface area (Å²) >= 11 is 2.34. The van der Waals surface area contributed by atoms with E-state index < -0.39 is 16.1 Å². The van der Waals surface area contributed by atoms with Crippen LogP contribution in [-0.2, 0) is 16.4 Å². The normalized spacial score (nSPS) is 18.7. The van der Waals surface area contributed by atoms with Gasteiger partial charge in [-0.1, -0.05) is 30.3 Å². The molecule has 118 valence electrons. The number of hydrogen-bond donors (Lipinski definition) is 0. The molecule has 0 amide bonds. The Hall–Kier alpha value is -1.61. The predicted octanol–water partition coefficient (Wildman–Crippen LogP) is 2.94. The summed E-state index contributed by atoms with van der Waals surface area (Å²) in [5.41, 5.74) is 2.84. The lowest BCUT2D eigenvalue weighted by molar-refractivity contribution is 0.341. The molecule has 0 N–H and O–H groups in total. The van der Waals surface area contributed by atoms with Crippen molar-refractivity contribution in [3.8, 4) is 0 Å². The second kappa shape index (κ2) is 5.79. The molecule has 1 aliphatic rings. The van der Waals surface area contributed by atoms with Gasteiger partial charge in [0.05, 0.1) is 29.7 Å². The number of thiophene rings is 1. The van der Waals surface area contributed by atoms with Crippen LogP contribution in [0.2, 0.25) is 0 Å². The van der Waals surface area contributed by atoms with E-state index in [0.717, 1.165) is 17.3 Å². The Balaban J connectivity index is 1.87. The molecule has 0 fully saturated rings. The third-order valence-electron chi connectivity index (χ3n) is 3.96. The van der Waals surface area contributed by atoms with E-state index in [1.165, 1.54) is 16.9 Å². The maximum atomic E-state index is 13.1. The second-order valence-corrected chi connectivity index (χ2v) is 8.85. The topological polar surface area (TPSA) is 63.2 Å². The van der Waals surface area contributed by atoms with Crippen molar-refractivity contribution < 1.29 is 8.42 Å². The Morgan fingerprint density at radius 3 is 2.78 bits per heavy atom. The largest absolute Gasteiger partial charge is 0.253 e. The highest BCUT2D eigenvalue weighted by Crippen LogP contribution is 2.38. The molecule has 5 nitrogen and oxygen atoms in total. The van der Waals surface area contributed by atoms with Gasteiger partial charge in [-0.25, -0.2) is 8.42 Å². The average molecular weight is 363 g/mol.